The predicted octanol–water partition coefficient (Wildman–Crippen LogP) is 3.22. The van der Waals surface area contributed by atoms with Crippen molar-refractivity contribution in [3.05, 3.63) is 64.9 Å². The van der Waals surface area contributed by atoms with Crippen LogP contribution in [0.2, 0.25) is 5.02 Å². The highest BCUT2D eigenvalue weighted by Crippen LogP contribution is 2.29. The third-order valence-electron chi connectivity index (χ3n) is 4.76. The number of aromatic nitrogens is 2. The third-order valence-corrected chi connectivity index (χ3v) is 5.01. The number of halogens is 1. The Morgan fingerprint density at radius 2 is 2.04 bits per heavy atom. The van der Waals surface area contributed by atoms with E-state index in [4.69, 9.17) is 16.1 Å². The zero-order valence-corrected chi connectivity index (χ0v) is 16.1. The van der Waals surface area contributed by atoms with Gasteiger partial charge in [0.15, 0.2) is 5.82 Å². The van der Waals surface area contributed by atoms with Crippen molar-refractivity contribution in [3.8, 4) is 11.5 Å². The molecule has 0 saturated carbocycles. The highest BCUT2D eigenvalue weighted by molar-refractivity contribution is 6.30. The molecule has 1 aliphatic rings. The van der Waals surface area contributed by atoms with Crippen molar-refractivity contribution in [2.45, 2.75) is 6.04 Å². The lowest BCUT2D eigenvalue weighted by molar-refractivity contribution is 0.102. The highest BCUT2D eigenvalue weighted by atomic mass is 35.5. The molecule has 144 valence electrons. The SMILES string of the molecule is CN1CCNCC1c1noc(-c2ccccc2NC(=O)c2ccc(Cl)cc2)n1. The molecule has 1 atom stereocenters. The summed E-state index contributed by atoms with van der Waals surface area (Å²) in [5.41, 5.74) is 1.79. The summed E-state index contributed by atoms with van der Waals surface area (Å²) in [6.45, 7) is 2.63. The molecule has 8 heteroatoms. The minimum Gasteiger partial charge on any atom is -0.334 e. The van der Waals surface area contributed by atoms with Crippen LogP contribution < -0.4 is 10.6 Å². The molecule has 0 aliphatic carbocycles. The van der Waals surface area contributed by atoms with Crippen LogP contribution in [0.4, 0.5) is 5.69 Å². The molecular weight excluding hydrogens is 378 g/mol. The van der Waals surface area contributed by atoms with E-state index < -0.39 is 0 Å². The minimum atomic E-state index is -0.236. The number of nitrogens with zero attached hydrogens (tertiary/aromatic N) is 3. The van der Waals surface area contributed by atoms with Crippen molar-refractivity contribution in [3.63, 3.8) is 0 Å². The van der Waals surface area contributed by atoms with Crippen molar-refractivity contribution < 1.29 is 9.32 Å². The summed E-state index contributed by atoms with van der Waals surface area (Å²) in [7, 11) is 2.04. The molecule has 1 aromatic heterocycles. The van der Waals surface area contributed by atoms with Crippen molar-refractivity contribution in [1.29, 1.82) is 0 Å². The van der Waals surface area contributed by atoms with E-state index in [0.29, 0.717) is 33.6 Å². The summed E-state index contributed by atoms with van der Waals surface area (Å²) >= 11 is 5.89. The van der Waals surface area contributed by atoms with Gasteiger partial charge in [-0.15, -0.1) is 0 Å². The van der Waals surface area contributed by atoms with Crippen molar-refractivity contribution in [2.24, 2.45) is 0 Å². The van der Waals surface area contributed by atoms with Gasteiger partial charge in [0.2, 0.25) is 0 Å². The number of benzene rings is 2. The van der Waals surface area contributed by atoms with Gasteiger partial charge in [-0.25, -0.2) is 0 Å². The highest BCUT2D eigenvalue weighted by Gasteiger charge is 2.26. The van der Waals surface area contributed by atoms with Gasteiger partial charge >= 0.3 is 0 Å². The number of hydrogen-bond acceptors (Lipinski definition) is 6. The Morgan fingerprint density at radius 1 is 1.25 bits per heavy atom. The van der Waals surface area contributed by atoms with Gasteiger partial charge in [0.05, 0.1) is 17.3 Å². The average molecular weight is 398 g/mol. The zero-order valence-electron chi connectivity index (χ0n) is 15.4. The maximum Gasteiger partial charge on any atom is 0.260 e. The fraction of sp³-hybridized carbons (Fsp3) is 0.250. The lowest BCUT2D eigenvalue weighted by atomic mass is 10.1. The molecule has 28 heavy (non-hydrogen) atoms. The second kappa shape index (κ2) is 8.10. The molecule has 0 bridgehead atoms. The smallest absolute Gasteiger partial charge is 0.260 e. The first-order chi connectivity index (χ1) is 13.6. The molecule has 0 radical (unpaired) electrons. The summed E-state index contributed by atoms with van der Waals surface area (Å²) in [5, 5.41) is 11.0. The first-order valence-corrected chi connectivity index (χ1v) is 9.40. The van der Waals surface area contributed by atoms with Crippen LogP contribution in [0, 0.1) is 0 Å². The lowest BCUT2D eigenvalue weighted by Crippen LogP contribution is -2.44. The first-order valence-electron chi connectivity index (χ1n) is 9.03. The van der Waals surface area contributed by atoms with Gasteiger partial charge < -0.3 is 15.2 Å². The summed E-state index contributed by atoms with van der Waals surface area (Å²) in [6.07, 6.45) is 0. The molecule has 0 spiro atoms. The van der Waals surface area contributed by atoms with Crippen molar-refractivity contribution in [2.75, 3.05) is 32.0 Å². The largest absolute Gasteiger partial charge is 0.334 e. The second-order valence-corrected chi connectivity index (χ2v) is 7.10. The van der Waals surface area contributed by atoms with E-state index in [0.717, 1.165) is 19.6 Å². The van der Waals surface area contributed by atoms with Crippen molar-refractivity contribution >= 4 is 23.2 Å². The number of nitrogens with one attached hydrogen (secondary N) is 2. The molecule has 7 nitrogen and oxygen atoms in total. The Labute approximate surface area is 167 Å². The molecule has 3 aromatic rings. The van der Waals surface area contributed by atoms with E-state index in [9.17, 15) is 4.79 Å². The van der Waals surface area contributed by atoms with E-state index in [2.05, 4.69) is 25.7 Å². The Morgan fingerprint density at radius 3 is 2.82 bits per heavy atom. The third kappa shape index (κ3) is 3.91. The number of piperazine rings is 1. The van der Waals surface area contributed by atoms with Gasteiger partial charge in [0.1, 0.15) is 0 Å². The molecule has 1 aliphatic heterocycles. The zero-order chi connectivity index (χ0) is 19.5. The van der Waals surface area contributed by atoms with Crippen LogP contribution in [-0.4, -0.2) is 47.6 Å². The van der Waals surface area contributed by atoms with Crippen LogP contribution in [0.1, 0.15) is 22.2 Å². The van der Waals surface area contributed by atoms with E-state index in [-0.39, 0.29) is 11.9 Å². The molecule has 1 unspecified atom stereocenters. The lowest BCUT2D eigenvalue weighted by Gasteiger charge is -2.30. The maximum absolute atomic E-state index is 12.6. The number of amides is 1. The summed E-state index contributed by atoms with van der Waals surface area (Å²) < 4.78 is 5.51. The van der Waals surface area contributed by atoms with Gasteiger partial charge in [-0.1, -0.05) is 28.9 Å². The van der Waals surface area contributed by atoms with E-state index in [1.807, 2.05) is 25.2 Å². The first kappa shape index (κ1) is 18.6. The summed E-state index contributed by atoms with van der Waals surface area (Å²) in [6, 6.07) is 14.1. The fourth-order valence-corrected chi connectivity index (χ4v) is 3.27. The summed E-state index contributed by atoms with van der Waals surface area (Å²) in [4.78, 5) is 19.3. The Kier molecular flexibility index (Phi) is 5.38. The predicted molar refractivity (Wildman–Crippen MR) is 107 cm³/mol. The molecule has 2 aromatic carbocycles. The number of rotatable bonds is 4. The van der Waals surface area contributed by atoms with Crippen LogP contribution in [0.3, 0.4) is 0 Å². The number of carbonyl (C=O) groups is 1. The van der Waals surface area contributed by atoms with E-state index >= 15 is 0 Å². The fourth-order valence-electron chi connectivity index (χ4n) is 3.15. The maximum atomic E-state index is 12.6. The molecule has 1 fully saturated rings. The van der Waals surface area contributed by atoms with Gasteiger partial charge in [0, 0.05) is 30.2 Å². The van der Waals surface area contributed by atoms with Gasteiger partial charge in [-0.05, 0) is 43.4 Å². The second-order valence-electron chi connectivity index (χ2n) is 6.66. The van der Waals surface area contributed by atoms with Gasteiger partial charge in [0.25, 0.3) is 11.8 Å². The van der Waals surface area contributed by atoms with Crippen molar-refractivity contribution in [1.82, 2.24) is 20.4 Å². The van der Waals surface area contributed by atoms with Crippen LogP contribution in [0.15, 0.2) is 53.1 Å². The molecule has 1 amide bonds. The Hall–Kier alpha value is -2.74. The van der Waals surface area contributed by atoms with Crippen LogP contribution in [-0.2, 0) is 0 Å². The molecule has 2 N–H and O–H groups in total. The molecule has 2 heterocycles. The number of anilines is 1. The normalized spacial score (nSPS) is 17.4. The molecule has 1 saturated heterocycles. The monoisotopic (exact) mass is 397 g/mol. The van der Waals surface area contributed by atoms with Crippen LogP contribution in [0.5, 0.6) is 0 Å². The number of hydrogen-bond donors (Lipinski definition) is 2. The van der Waals surface area contributed by atoms with Crippen LogP contribution >= 0.6 is 11.6 Å². The minimum absolute atomic E-state index is 0.0575. The summed E-state index contributed by atoms with van der Waals surface area (Å²) in [5.74, 6) is 0.768. The van der Waals surface area contributed by atoms with Gasteiger partial charge in [-0.2, -0.15) is 4.98 Å². The molecule has 4 rings (SSSR count). The average Bonchev–Trinajstić information content (AvgIpc) is 3.19. The quantitative estimate of drug-likeness (QED) is 0.703. The van der Waals surface area contributed by atoms with Gasteiger partial charge in [-0.3, -0.25) is 9.69 Å². The number of likely N-dealkylation sites (N-methyl/N-ethyl adjacent to an activating group) is 1. The standard InChI is InChI=1S/C20H20ClN5O2/c1-26-11-10-22-12-17(26)18-24-20(28-25-18)15-4-2-3-5-16(15)23-19(27)13-6-8-14(21)9-7-13/h2-9,17,22H,10-12H2,1H3,(H,23,27). The van der Waals surface area contributed by atoms with E-state index in [1.54, 1.807) is 30.3 Å². The number of para-hydroxylation sites is 1. The Bertz CT molecular complexity index is 973. The Balaban J connectivity index is 1.58. The van der Waals surface area contributed by atoms with E-state index in [1.165, 1.54) is 0 Å². The number of carbonyl (C=O) groups excluding carboxylic acids is 1. The topological polar surface area (TPSA) is 83.3 Å². The molecular formula is C20H20ClN5O2. The van der Waals surface area contributed by atoms with Crippen LogP contribution in [0.25, 0.3) is 11.5 Å².